The Kier molecular flexibility index (Phi) is 11.9. The first-order chi connectivity index (χ1) is 13.2. The second kappa shape index (κ2) is 14.0. The Morgan fingerprint density at radius 1 is 1.18 bits per heavy atom. The quantitative estimate of drug-likeness (QED) is 0.203. The summed E-state index contributed by atoms with van der Waals surface area (Å²) in [6.45, 7) is 3.96. The molecule has 0 bridgehead atoms. The second-order valence-electron chi connectivity index (χ2n) is 6.37. The predicted molar refractivity (Wildman–Crippen MR) is 125 cm³/mol. The first-order valence-corrected chi connectivity index (χ1v) is 9.52. The summed E-state index contributed by atoms with van der Waals surface area (Å²) in [7, 11) is 1.77. The van der Waals surface area contributed by atoms with Gasteiger partial charge in [0.1, 0.15) is 6.54 Å². The van der Waals surface area contributed by atoms with Crippen molar-refractivity contribution in [2.45, 2.75) is 45.7 Å². The van der Waals surface area contributed by atoms with Crippen molar-refractivity contribution in [2.75, 3.05) is 18.9 Å². The van der Waals surface area contributed by atoms with Crippen molar-refractivity contribution < 1.29 is 4.79 Å². The summed E-state index contributed by atoms with van der Waals surface area (Å²) >= 11 is 0. The standard InChI is InChI=1S/C20H30N6O.HI/c1-3-4-5-6-11-22-20(21-2)23-15-17-9-7-10-18(14-17)25-19(27)16-26-13-8-12-24-26;/h7-10,12-14H,3-6,11,15-16H2,1-2H3,(H,25,27)(H2,21,22,23);1H. The summed E-state index contributed by atoms with van der Waals surface area (Å²) in [5.74, 6) is 0.688. The molecular weight excluding hydrogens is 467 g/mol. The van der Waals surface area contributed by atoms with Crippen LogP contribution < -0.4 is 16.0 Å². The van der Waals surface area contributed by atoms with Gasteiger partial charge in [-0.1, -0.05) is 38.3 Å². The maximum Gasteiger partial charge on any atom is 0.246 e. The topological polar surface area (TPSA) is 83.3 Å². The SMILES string of the molecule is CCCCCCNC(=NC)NCc1cccc(NC(=O)Cn2cccn2)c1.I. The van der Waals surface area contributed by atoms with Crippen molar-refractivity contribution in [2.24, 2.45) is 4.99 Å². The van der Waals surface area contributed by atoms with Crippen LogP contribution in [0.25, 0.3) is 0 Å². The maximum absolute atomic E-state index is 12.1. The van der Waals surface area contributed by atoms with Crippen molar-refractivity contribution in [1.29, 1.82) is 0 Å². The average Bonchev–Trinajstić information content (AvgIpc) is 3.17. The highest BCUT2D eigenvalue weighted by atomic mass is 127. The number of benzene rings is 1. The monoisotopic (exact) mass is 498 g/mol. The number of anilines is 1. The van der Waals surface area contributed by atoms with Gasteiger partial charge in [0.25, 0.3) is 0 Å². The number of unbranched alkanes of at least 4 members (excludes halogenated alkanes) is 3. The predicted octanol–water partition coefficient (Wildman–Crippen LogP) is 3.39. The molecule has 0 unspecified atom stereocenters. The van der Waals surface area contributed by atoms with Gasteiger partial charge >= 0.3 is 0 Å². The number of nitrogens with zero attached hydrogens (tertiary/aromatic N) is 3. The van der Waals surface area contributed by atoms with E-state index >= 15 is 0 Å². The lowest BCUT2D eigenvalue weighted by Crippen LogP contribution is -2.37. The largest absolute Gasteiger partial charge is 0.356 e. The summed E-state index contributed by atoms with van der Waals surface area (Å²) < 4.78 is 1.59. The van der Waals surface area contributed by atoms with Crippen molar-refractivity contribution >= 4 is 41.5 Å². The maximum atomic E-state index is 12.1. The molecule has 3 N–H and O–H groups in total. The fourth-order valence-electron chi connectivity index (χ4n) is 2.67. The number of carbonyl (C=O) groups excluding carboxylic acids is 1. The minimum absolute atomic E-state index is 0. The molecule has 1 heterocycles. The second-order valence-corrected chi connectivity index (χ2v) is 6.37. The molecule has 8 heteroatoms. The van der Waals surface area contributed by atoms with Crippen LogP contribution in [0, 0.1) is 0 Å². The third-order valence-corrected chi connectivity index (χ3v) is 4.08. The lowest BCUT2D eigenvalue weighted by atomic mass is 10.2. The molecule has 1 amide bonds. The molecule has 0 aliphatic heterocycles. The normalized spacial score (nSPS) is 10.9. The lowest BCUT2D eigenvalue weighted by molar-refractivity contribution is -0.116. The van der Waals surface area contributed by atoms with E-state index in [4.69, 9.17) is 0 Å². The number of rotatable bonds is 10. The number of halogens is 1. The number of guanidine groups is 1. The Morgan fingerprint density at radius 3 is 2.75 bits per heavy atom. The van der Waals surface area contributed by atoms with Crippen molar-refractivity contribution in [3.05, 3.63) is 48.3 Å². The van der Waals surface area contributed by atoms with E-state index in [1.807, 2.05) is 24.3 Å². The first-order valence-electron chi connectivity index (χ1n) is 9.52. The molecule has 1 aromatic heterocycles. The van der Waals surface area contributed by atoms with Crippen LogP contribution in [0.3, 0.4) is 0 Å². The summed E-state index contributed by atoms with van der Waals surface area (Å²) in [6, 6.07) is 9.59. The highest BCUT2D eigenvalue weighted by molar-refractivity contribution is 14.0. The van der Waals surface area contributed by atoms with Gasteiger partial charge < -0.3 is 16.0 Å². The molecule has 154 valence electrons. The molecule has 0 spiro atoms. The molecule has 2 rings (SSSR count). The van der Waals surface area contributed by atoms with E-state index in [1.54, 1.807) is 30.2 Å². The molecule has 0 radical (unpaired) electrons. The van der Waals surface area contributed by atoms with Crippen LogP contribution in [0.2, 0.25) is 0 Å². The highest BCUT2D eigenvalue weighted by Crippen LogP contribution is 2.10. The zero-order valence-electron chi connectivity index (χ0n) is 16.6. The highest BCUT2D eigenvalue weighted by Gasteiger charge is 2.05. The van der Waals surface area contributed by atoms with Gasteiger partial charge in [0.2, 0.25) is 5.91 Å². The lowest BCUT2D eigenvalue weighted by Gasteiger charge is -2.13. The fraction of sp³-hybridized carbons (Fsp3) is 0.450. The van der Waals surface area contributed by atoms with Crippen LogP contribution in [0.1, 0.15) is 38.2 Å². The van der Waals surface area contributed by atoms with Gasteiger partial charge in [-0.15, -0.1) is 24.0 Å². The third kappa shape index (κ3) is 9.20. The van der Waals surface area contributed by atoms with E-state index < -0.39 is 0 Å². The van der Waals surface area contributed by atoms with E-state index in [9.17, 15) is 4.79 Å². The number of nitrogens with one attached hydrogen (secondary N) is 3. The fourth-order valence-corrected chi connectivity index (χ4v) is 2.67. The molecule has 28 heavy (non-hydrogen) atoms. The van der Waals surface area contributed by atoms with Gasteiger partial charge in [-0.25, -0.2) is 0 Å². The molecule has 1 aromatic carbocycles. The smallest absolute Gasteiger partial charge is 0.246 e. The third-order valence-electron chi connectivity index (χ3n) is 4.08. The average molecular weight is 498 g/mol. The Labute approximate surface area is 184 Å². The number of aromatic nitrogens is 2. The van der Waals surface area contributed by atoms with E-state index in [-0.39, 0.29) is 36.4 Å². The molecule has 2 aromatic rings. The summed E-state index contributed by atoms with van der Waals surface area (Å²) in [5, 5.41) is 13.6. The van der Waals surface area contributed by atoms with Gasteiger partial charge in [0.15, 0.2) is 5.96 Å². The van der Waals surface area contributed by atoms with Crippen molar-refractivity contribution in [1.82, 2.24) is 20.4 Å². The van der Waals surface area contributed by atoms with Crippen LogP contribution in [0.15, 0.2) is 47.7 Å². The summed E-state index contributed by atoms with van der Waals surface area (Å²) in [6.07, 6.45) is 8.31. The van der Waals surface area contributed by atoms with Gasteiger partial charge in [0, 0.05) is 38.2 Å². The minimum Gasteiger partial charge on any atom is -0.356 e. The van der Waals surface area contributed by atoms with Crippen LogP contribution in [0.4, 0.5) is 5.69 Å². The van der Waals surface area contributed by atoms with Crippen molar-refractivity contribution in [3.8, 4) is 0 Å². The number of hydrogen-bond acceptors (Lipinski definition) is 3. The van der Waals surface area contributed by atoms with Gasteiger partial charge in [-0.2, -0.15) is 5.10 Å². The Bertz CT molecular complexity index is 717. The molecule has 0 saturated heterocycles. The molecule has 0 fully saturated rings. The van der Waals surface area contributed by atoms with E-state index in [1.165, 1.54) is 19.3 Å². The molecule has 0 aliphatic rings. The number of aliphatic imine (C=N–C) groups is 1. The zero-order chi connectivity index (χ0) is 19.3. The van der Waals surface area contributed by atoms with E-state index in [0.717, 1.165) is 30.2 Å². The number of hydrogen-bond donors (Lipinski definition) is 3. The first kappa shape index (κ1) is 23.9. The van der Waals surface area contributed by atoms with Crippen LogP contribution >= 0.6 is 24.0 Å². The zero-order valence-corrected chi connectivity index (χ0v) is 19.0. The van der Waals surface area contributed by atoms with Gasteiger partial charge in [0.05, 0.1) is 0 Å². The molecule has 0 saturated carbocycles. The van der Waals surface area contributed by atoms with Crippen LogP contribution in [0.5, 0.6) is 0 Å². The Balaban J connectivity index is 0.00000392. The molecule has 0 aliphatic carbocycles. The van der Waals surface area contributed by atoms with Gasteiger partial charge in [-0.3, -0.25) is 14.5 Å². The van der Waals surface area contributed by atoms with Crippen molar-refractivity contribution in [3.63, 3.8) is 0 Å². The van der Waals surface area contributed by atoms with E-state index in [2.05, 4.69) is 33.0 Å². The number of amides is 1. The van der Waals surface area contributed by atoms with Crippen LogP contribution in [-0.4, -0.2) is 35.2 Å². The van der Waals surface area contributed by atoms with E-state index in [0.29, 0.717) is 6.54 Å². The van der Waals surface area contributed by atoms with Gasteiger partial charge in [-0.05, 0) is 30.2 Å². The Hall–Kier alpha value is -2.10. The molecule has 7 nitrogen and oxygen atoms in total. The number of carbonyl (C=O) groups is 1. The summed E-state index contributed by atoms with van der Waals surface area (Å²) in [4.78, 5) is 16.3. The van der Waals surface area contributed by atoms with Crippen LogP contribution in [-0.2, 0) is 17.9 Å². The minimum atomic E-state index is -0.103. The summed E-state index contributed by atoms with van der Waals surface area (Å²) in [5.41, 5.74) is 1.84. The molecular formula is C20H31IN6O. The Morgan fingerprint density at radius 2 is 2.04 bits per heavy atom. The molecule has 0 atom stereocenters.